The number of rotatable bonds is 3. The van der Waals surface area contributed by atoms with Crippen LogP contribution < -0.4 is 10.6 Å². The van der Waals surface area contributed by atoms with E-state index >= 15 is 0 Å². The smallest absolute Gasteiger partial charge is 0.314 e. The summed E-state index contributed by atoms with van der Waals surface area (Å²) < 4.78 is 0. The molecule has 2 amide bonds. The van der Waals surface area contributed by atoms with E-state index in [9.17, 15) is 14.4 Å². The van der Waals surface area contributed by atoms with Gasteiger partial charge in [0, 0.05) is 16.9 Å². The van der Waals surface area contributed by atoms with Gasteiger partial charge in [-0.1, -0.05) is 12.1 Å². The Morgan fingerprint density at radius 3 is 1.95 bits per heavy atom. The molecule has 2 N–H and O–H groups in total. The van der Waals surface area contributed by atoms with E-state index < -0.39 is 11.8 Å². The summed E-state index contributed by atoms with van der Waals surface area (Å²) in [5, 5.41) is 5.01. The van der Waals surface area contributed by atoms with Crippen molar-refractivity contribution in [2.24, 2.45) is 0 Å². The minimum atomic E-state index is -0.767. The molecule has 0 bridgehead atoms. The zero-order chi connectivity index (χ0) is 16.1. The Bertz CT molecular complexity index is 721. The second-order valence-corrected chi connectivity index (χ2v) is 4.91. The molecular weight excluding hydrogens is 280 g/mol. The molecule has 0 atom stereocenters. The van der Waals surface area contributed by atoms with Crippen LogP contribution in [0.4, 0.5) is 11.4 Å². The number of hydrogen-bond acceptors (Lipinski definition) is 3. The Morgan fingerprint density at radius 1 is 0.818 bits per heavy atom. The highest BCUT2D eigenvalue weighted by Crippen LogP contribution is 2.12. The first kappa shape index (κ1) is 15.4. The summed E-state index contributed by atoms with van der Waals surface area (Å²) >= 11 is 0. The van der Waals surface area contributed by atoms with Crippen LogP contribution in [0.3, 0.4) is 0 Å². The lowest BCUT2D eigenvalue weighted by molar-refractivity contribution is -0.132. The molecular formula is C17H16N2O3. The summed E-state index contributed by atoms with van der Waals surface area (Å²) in [6.45, 7) is 3.36. The van der Waals surface area contributed by atoms with Crippen LogP contribution in [0.25, 0.3) is 0 Å². The van der Waals surface area contributed by atoms with Gasteiger partial charge in [0.05, 0.1) is 0 Å². The number of anilines is 2. The second kappa shape index (κ2) is 6.67. The Morgan fingerprint density at radius 2 is 1.41 bits per heavy atom. The van der Waals surface area contributed by atoms with Crippen LogP contribution in [-0.4, -0.2) is 17.6 Å². The van der Waals surface area contributed by atoms with Crippen LogP contribution in [0.2, 0.25) is 0 Å². The number of benzene rings is 2. The summed E-state index contributed by atoms with van der Waals surface area (Å²) in [6, 6.07) is 13.5. The lowest BCUT2D eigenvalue weighted by Crippen LogP contribution is -2.29. The average molecular weight is 296 g/mol. The van der Waals surface area contributed by atoms with Crippen molar-refractivity contribution in [3.05, 3.63) is 59.7 Å². The van der Waals surface area contributed by atoms with E-state index in [-0.39, 0.29) is 5.78 Å². The van der Waals surface area contributed by atoms with Gasteiger partial charge in [-0.2, -0.15) is 0 Å². The maximum atomic E-state index is 11.8. The molecule has 0 aromatic heterocycles. The molecule has 0 radical (unpaired) electrons. The summed E-state index contributed by atoms with van der Waals surface area (Å²) in [4.78, 5) is 34.8. The van der Waals surface area contributed by atoms with E-state index in [2.05, 4.69) is 10.6 Å². The van der Waals surface area contributed by atoms with Gasteiger partial charge in [0.2, 0.25) is 0 Å². The summed E-state index contributed by atoms with van der Waals surface area (Å²) in [6.07, 6.45) is 0. The molecule has 0 fully saturated rings. The lowest BCUT2D eigenvalue weighted by atomic mass is 10.1. The first-order chi connectivity index (χ1) is 10.5. The molecule has 112 valence electrons. The topological polar surface area (TPSA) is 75.3 Å². The van der Waals surface area contributed by atoms with Gasteiger partial charge < -0.3 is 10.6 Å². The van der Waals surface area contributed by atoms with Crippen LogP contribution in [0.5, 0.6) is 0 Å². The van der Waals surface area contributed by atoms with Gasteiger partial charge >= 0.3 is 11.8 Å². The van der Waals surface area contributed by atoms with Crippen molar-refractivity contribution < 1.29 is 14.4 Å². The fourth-order valence-electron chi connectivity index (χ4n) is 1.89. The van der Waals surface area contributed by atoms with E-state index in [1.165, 1.54) is 6.92 Å². The van der Waals surface area contributed by atoms with Gasteiger partial charge in [-0.3, -0.25) is 14.4 Å². The van der Waals surface area contributed by atoms with Crippen molar-refractivity contribution in [1.29, 1.82) is 0 Å². The molecule has 0 aliphatic heterocycles. The van der Waals surface area contributed by atoms with Crippen molar-refractivity contribution >= 4 is 29.0 Å². The highest BCUT2D eigenvalue weighted by molar-refractivity contribution is 6.43. The molecule has 0 spiro atoms. The Kier molecular flexibility index (Phi) is 4.68. The van der Waals surface area contributed by atoms with Crippen LogP contribution in [-0.2, 0) is 9.59 Å². The van der Waals surface area contributed by atoms with E-state index in [0.29, 0.717) is 16.9 Å². The molecule has 22 heavy (non-hydrogen) atoms. The fraction of sp³-hybridized carbons (Fsp3) is 0.118. The minimum Gasteiger partial charge on any atom is -0.318 e. The van der Waals surface area contributed by atoms with Crippen molar-refractivity contribution in [2.45, 2.75) is 13.8 Å². The monoisotopic (exact) mass is 296 g/mol. The first-order valence-corrected chi connectivity index (χ1v) is 6.76. The van der Waals surface area contributed by atoms with E-state index in [1.54, 1.807) is 42.5 Å². The summed E-state index contributed by atoms with van der Waals surface area (Å²) in [5.74, 6) is -1.58. The maximum absolute atomic E-state index is 11.8. The molecule has 5 nitrogen and oxygen atoms in total. The van der Waals surface area contributed by atoms with Crippen molar-refractivity contribution in [3.8, 4) is 0 Å². The number of aryl methyl sites for hydroxylation is 1. The van der Waals surface area contributed by atoms with Crippen molar-refractivity contribution in [2.75, 3.05) is 10.6 Å². The average Bonchev–Trinajstić information content (AvgIpc) is 2.47. The first-order valence-electron chi connectivity index (χ1n) is 6.76. The SMILES string of the molecule is CC(=O)c1ccc(NC(=O)C(=O)Nc2cccc(C)c2)cc1. The molecule has 5 heteroatoms. The molecule has 2 rings (SSSR count). The highest BCUT2D eigenvalue weighted by Gasteiger charge is 2.14. The van der Waals surface area contributed by atoms with E-state index in [4.69, 9.17) is 0 Å². The zero-order valence-corrected chi connectivity index (χ0v) is 12.3. The zero-order valence-electron chi connectivity index (χ0n) is 12.3. The largest absolute Gasteiger partial charge is 0.318 e. The quantitative estimate of drug-likeness (QED) is 0.675. The predicted octanol–water partition coefficient (Wildman–Crippen LogP) is 2.77. The van der Waals surface area contributed by atoms with Gasteiger partial charge in [-0.15, -0.1) is 0 Å². The Labute approximate surface area is 128 Å². The van der Waals surface area contributed by atoms with Gasteiger partial charge in [0.25, 0.3) is 0 Å². The van der Waals surface area contributed by atoms with Crippen molar-refractivity contribution in [1.82, 2.24) is 0 Å². The summed E-state index contributed by atoms with van der Waals surface area (Å²) in [7, 11) is 0. The van der Waals surface area contributed by atoms with Crippen LogP contribution >= 0.6 is 0 Å². The van der Waals surface area contributed by atoms with Crippen LogP contribution in [0.15, 0.2) is 48.5 Å². The molecule has 0 aliphatic rings. The van der Waals surface area contributed by atoms with Crippen LogP contribution in [0, 0.1) is 6.92 Å². The fourth-order valence-corrected chi connectivity index (χ4v) is 1.89. The predicted molar refractivity (Wildman–Crippen MR) is 84.9 cm³/mol. The summed E-state index contributed by atoms with van der Waals surface area (Å²) in [5.41, 5.74) is 2.54. The number of ketones is 1. The normalized spacial score (nSPS) is 9.91. The molecule has 0 unspecified atom stereocenters. The molecule has 0 heterocycles. The van der Waals surface area contributed by atoms with Gasteiger partial charge in [0.1, 0.15) is 0 Å². The van der Waals surface area contributed by atoms with Crippen LogP contribution in [0.1, 0.15) is 22.8 Å². The molecule has 0 saturated carbocycles. The van der Waals surface area contributed by atoms with E-state index in [0.717, 1.165) is 5.56 Å². The van der Waals surface area contributed by atoms with Gasteiger partial charge in [-0.05, 0) is 55.8 Å². The number of carbonyl (C=O) groups excluding carboxylic acids is 3. The highest BCUT2D eigenvalue weighted by atomic mass is 16.2. The number of carbonyl (C=O) groups is 3. The number of Topliss-reactive ketones (excluding diaryl/α,β-unsaturated/α-hetero) is 1. The maximum Gasteiger partial charge on any atom is 0.314 e. The number of amides is 2. The number of hydrogen-bond donors (Lipinski definition) is 2. The lowest BCUT2D eigenvalue weighted by Gasteiger charge is -2.07. The molecule has 2 aromatic carbocycles. The third-order valence-corrected chi connectivity index (χ3v) is 3.03. The third kappa shape index (κ3) is 4.02. The van der Waals surface area contributed by atoms with E-state index in [1.807, 2.05) is 13.0 Å². The Balaban J connectivity index is 1.99. The second-order valence-electron chi connectivity index (χ2n) is 4.91. The molecule has 0 saturated heterocycles. The molecule has 2 aromatic rings. The Hall–Kier alpha value is -2.95. The van der Waals surface area contributed by atoms with Gasteiger partial charge in [-0.25, -0.2) is 0 Å². The van der Waals surface area contributed by atoms with Gasteiger partial charge in [0.15, 0.2) is 5.78 Å². The minimum absolute atomic E-state index is 0.0601. The molecule has 0 aliphatic carbocycles. The number of nitrogens with one attached hydrogen (secondary N) is 2. The van der Waals surface area contributed by atoms with Crippen molar-refractivity contribution in [3.63, 3.8) is 0 Å². The standard InChI is InChI=1S/C17H16N2O3/c1-11-4-3-5-15(10-11)19-17(22)16(21)18-14-8-6-13(7-9-14)12(2)20/h3-10H,1-2H3,(H,18,21)(H,19,22). The third-order valence-electron chi connectivity index (χ3n) is 3.03.